The van der Waals surface area contributed by atoms with Gasteiger partial charge in [-0.2, -0.15) is 11.8 Å². The second-order valence-electron chi connectivity index (χ2n) is 3.65. The van der Waals surface area contributed by atoms with Gasteiger partial charge in [-0.15, -0.1) is 0 Å². The monoisotopic (exact) mass is 243 g/mol. The highest BCUT2D eigenvalue weighted by molar-refractivity contribution is 7.97. The molecule has 2 atom stereocenters. The maximum Gasteiger partial charge on any atom is 0.107 e. The Morgan fingerprint density at radius 2 is 2.00 bits per heavy atom. The van der Waals surface area contributed by atoms with Crippen LogP contribution < -0.4 is 5.73 Å². The zero-order chi connectivity index (χ0) is 12.0. The molecule has 0 radical (unpaired) electrons. The summed E-state index contributed by atoms with van der Waals surface area (Å²) in [6.45, 7) is -0.578. The van der Waals surface area contributed by atoms with Gasteiger partial charge in [0.05, 0.1) is 12.1 Å². The quantitative estimate of drug-likeness (QED) is 0.834. The minimum atomic E-state index is -0.601. The molecule has 0 saturated heterocycles. The summed E-state index contributed by atoms with van der Waals surface area (Å²) in [6.07, 6.45) is 1.69. The van der Waals surface area contributed by atoms with Gasteiger partial charge in [0.15, 0.2) is 0 Å². The van der Waals surface area contributed by atoms with Crippen molar-refractivity contribution in [3.63, 3.8) is 0 Å². The molecule has 0 saturated carbocycles. The van der Waals surface area contributed by atoms with Crippen molar-refractivity contribution in [3.8, 4) is 0 Å². The lowest BCUT2D eigenvalue weighted by molar-refractivity contribution is 0.0721. The number of thioether (sulfide) groups is 1. The lowest BCUT2D eigenvalue weighted by atomic mass is 10.0. The topological polar surface area (TPSA) is 35.2 Å². The summed E-state index contributed by atoms with van der Waals surface area (Å²) in [6, 6.07) is 7.37. The van der Waals surface area contributed by atoms with Gasteiger partial charge >= 0.3 is 0 Å². The van der Waals surface area contributed by atoms with Crippen LogP contribution in [0.2, 0.25) is 0 Å². The number of alkyl halides is 1. The Morgan fingerprint density at radius 3 is 2.44 bits per heavy atom. The summed E-state index contributed by atoms with van der Waals surface area (Å²) in [5.41, 5.74) is 7.83. The third-order valence-corrected chi connectivity index (χ3v) is 3.06. The second kappa shape index (κ2) is 6.89. The first-order valence-electron chi connectivity index (χ1n) is 5.15. The Labute approximate surface area is 100 Å². The molecule has 16 heavy (non-hydrogen) atoms. The third-order valence-electron chi connectivity index (χ3n) is 2.44. The van der Waals surface area contributed by atoms with Crippen LogP contribution in [0.1, 0.15) is 17.2 Å². The summed E-state index contributed by atoms with van der Waals surface area (Å²) >= 11 is 1.77. The van der Waals surface area contributed by atoms with Gasteiger partial charge in [0.25, 0.3) is 0 Å². The highest BCUT2D eigenvalue weighted by Gasteiger charge is 2.18. The lowest BCUT2D eigenvalue weighted by Crippen LogP contribution is -2.31. The predicted molar refractivity (Wildman–Crippen MR) is 67.4 cm³/mol. The first kappa shape index (κ1) is 13.5. The second-order valence-corrected chi connectivity index (χ2v) is 4.52. The van der Waals surface area contributed by atoms with Crippen LogP contribution in [0.3, 0.4) is 0 Å². The van der Waals surface area contributed by atoms with Crippen LogP contribution in [-0.2, 0) is 10.5 Å². The molecule has 0 fully saturated rings. The normalized spacial score (nSPS) is 14.8. The van der Waals surface area contributed by atoms with Crippen molar-refractivity contribution in [1.29, 1.82) is 0 Å². The summed E-state index contributed by atoms with van der Waals surface area (Å²) < 4.78 is 17.7. The Balaban J connectivity index is 2.78. The first-order valence-corrected chi connectivity index (χ1v) is 6.54. The Morgan fingerprint density at radius 1 is 1.38 bits per heavy atom. The molecule has 2 N–H and O–H groups in total. The van der Waals surface area contributed by atoms with E-state index in [1.807, 2.05) is 24.3 Å². The van der Waals surface area contributed by atoms with Gasteiger partial charge in [0.1, 0.15) is 6.67 Å². The van der Waals surface area contributed by atoms with Gasteiger partial charge in [0, 0.05) is 12.9 Å². The number of methoxy groups -OCH3 is 1. The van der Waals surface area contributed by atoms with Crippen LogP contribution in [0.5, 0.6) is 0 Å². The zero-order valence-corrected chi connectivity index (χ0v) is 10.5. The molecular weight excluding hydrogens is 225 g/mol. The number of hydrogen-bond donors (Lipinski definition) is 1. The number of hydrogen-bond acceptors (Lipinski definition) is 3. The van der Waals surface area contributed by atoms with E-state index in [0.717, 1.165) is 11.3 Å². The van der Waals surface area contributed by atoms with Crippen LogP contribution in [0.4, 0.5) is 4.39 Å². The van der Waals surface area contributed by atoms with E-state index in [0.29, 0.717) is 0 Å². The molecule has 0 aromatic heterocycles. The first-order chi connectivity index (χ1) is 7.72. The van der Waals surface area contributed by atoms with Gasteiger partial charge < -0.3 is 10.5 Å². The van der Waals surface area contributed by atoms with Gasteiger partial charge in [0.2, 0.25) is 0 Å². The van der Waals surface area contributed by atoms with Crippen molar-refractivity contribution in [1.82, 2.24) is 0 Å². The van der Waals surface area contributed by atoms with E-state index in [1.165, 1.54) is 5.56 Å². The molecular formula is C12H18FNOS. The van der Waals surface area contributed by atoms with Gasteiger partial charge in [-0.05, 0) is 17.4 Å². The van der Waals surface area contributed by atoms with Crippen molar-refractivity contribution in [2.45, 2.75) is 17.9 Å². The van der Waals surface area contributed by atoms with Crippen LogP contribution in [0.25, 0.3) is 0 Å². The number of rotatable bonds is 6. The largest absolute Gasteiger partial charge is 0.375 e. The molecule has 0 heterocycles. The number of benzene rings is 1. The number of nitrogens with two attached hydrogens (primary N) is 1. The molecule has 0 aliphatic heterocycles. The van der Waals surface area contributed by atoms with Gasteiger partial charge in [-0.3, -0.25) is 0 Å². The standard InChI is InChI=1S/C12H18FNOS/c1-15-12(11(14)7-13)10-5-3-9(4-6-10)8-16-2/h3-6,11-12H,7-8,14H2,1-2H3/t11-,12-/m1/s1. The molecule has 90 valence electrons. The van der Waals surface area contributed by atoms with E-state index in [1.54, 1.807) is 18.9 Å². The van der Waals surface area contributed by atoms with E-state index in [4.69, 9.17) is 10.5 Å². The molecule has 0 spiro atoms. The average molecular weight is 243 g/mol. The summed E-state index contributed by atoms with van der Waals surface area (Å²) in [4.78, 5) is 0. The van der Waals surface area contributed by atoms with Crippen molar-refractivity contribution in [3.05, 3.63) is 35.4 Å². The molecule has 1 rings (SSSR count). The SMILES string of the molecule is CO[C@H](c1ccc(CSC)cc1)[C@H](N)CF. The third kappa shape index (κ3) is 3.47. The van der Waals surface area contributed by atoms with E-state index < -0.39 is 12.7 Å². The molecule has 4 heteroatoms. The fourth-order valence-corrected chi connectivity index (χ4v) is 2.13. The molecule has 0 unspecified atom stereocenters. The number of halogens is 1. The molecule has 0 amide bonds. The van der Waals surface area contributed by atoms with Crippen LogP contribution in [0, 0.1) is 0 Å². The Hall–Kier alpha value is -0.580. The van der Waals surface area contributed by atoms with E-state index >= 15 is 0 Å². The van der Waals surface area contributed by atoms with Crippen molar-refractivity contribution < 1.29 is 9.13 Å². The van der Waals surface area contributed by atoms with Gasteiger partial charge in [-0.25, -0.2) is 4.39 Å². The smallest absolute Gasteiger partial charge is 0.107 e. The summed E-state index contributed by atoms with van der Waals surface area (Å²) in [5, 5.41) is 0. The maximum absolute atomic E-state index is 12.5. The molecule has 0 bridgehead atoms. The fraction of sp³-hybridized carbons (Fsp3) is 0.500. The van der Waals surface area contributed by atoms with E-state index in [9.17, 15) is 4.39 Å². The molecule has 0 aliphatic rings. The predicted octanol–water partition coefficient (Wildman–Crippen LogP) is 2.53. The van der Waals surface area contributed by atoms with Crippen molar-refractivity contribution in [2.24, 2.45) is 5.73 Å². The van der Waals surface area contributed by atoms with Crippen LogP contribution >= 0.6 is 11.8 Å². The van der Waals surface area contributed by atoms with Crippen molar-refractivity contribution in [2.75, 3.05) is 20.0 Å². The highest BCUT2D eigenvalue weighted by Crippen LogP contribution is 2.21. The summed E-state index contributed by atoms with van der Waals surface area (Å²) in [5.74, 6) is 0.979. The summed E-state index contributed by atoms with van der Waals surface area (Å²) in [7, 11) is 1.55. The Kier molecular flexibility index (Phi) is 5.80. The minimum Gasteiger partial charge on any atom is -0.375 e. The highest BCUT2D eigenvalue weighted by atomic mass is 32.2. The molecule has 1 aromatic rings. The lowest BCUT2D eigenvalue weighted by Gasteiger charge is -2.20. The van der Waals surface area contributed by atoms with Gasteiger partial charge in [-0.1, -0.05) is 24.3 Å². The zero-order valence-electron chi connectivity index (χ0n) is 9.65. The maximum atomic E-state index is 12.5. The molecule has 0 aliphatic carbocycles. The van der Waals surface area contributed by atoms with E-state index in [2.05, 4.69) is 6.26 Å². The van der Waals surface area contributed by atoms with E-state index in [-0.39, 0.29) is 6.10 Å². The molecule has 1 aromatic carbocycles. The average Bonchev–Trinajstić information content (AvgIpc) is 2.32. The van der Waals surface area contributed by atoms with Crippen molar-refractivity contribution >= 4 is 11.8 Å². The van der Waals surface area contributed by atoms with Crippen LogP contribution in [-0.4, -0.2) is 26.1 Å². The fourth-order valence-electron chi connectivity index (χ4n) is 1.61. The Bertz CT molecular complexity index is 304. The number of ether oxygens (including phenoxy) is 1. The minimum absolute atomic E-state index is 0.367. The van der Waals surface area contributed by atoms with Crippen LogP contribution in [0.15, 0.2) is 24.3 Å². The molecule has 2 nitrogen and oxygen atoms in total.